The molecule has 0 bridgehead atoms. The Labute approximate surface area is 94.0 Å². The lowest BCUT2D eigenvalue weighted by Crippen LogP contribution is -2.33. The molecule has 1 amide bonds. The van der Waals surface area contributed by atoms with E-state index in [1.807, 2.05) is 13.8 Å². The van der Waals surface area contributed by atoms with E-state index in [0.29, 0.717) is 12.8 Å². The van der Waals surface area contributed by atoms with Crippen molar-refractivity contribution in [1.82, 2.24) is 5.32 Å². The minimum Gasteiger partial charge on any atom is -0.481 e. The van der Waals surface area contributed by atoms with Gasteiger partial charge in [-0.05, 0) is 12.8 Å². The largest absolute Gasteiger partial charge is 0.481 e. The van der Waals surface area contributed by atoms with Gasteiger partial charge >= 0.3 is 11.9 Å². The molecule has 0 heterocycles. The van der Waals surface area contributed by atoms with Gasteiger partial charge in [-0.2, -0.15) is 0 Å². The molecule has 0 saturated carbocycles. The van der Waals surface area contributed by atoms with Crippen LogP contribution in [0.4, 0.5) is 0 Å². The van der Waals surface area contributed by atoms with Crippen LogP contribution in [0.2, 0.25) is 0 Å². The molecule has 0 spiro atoms. The van der Waals surface area contributed by atoms with E-state index >= 15 is 0 Å². The van der Waals surface area contributed by atoms with Gasteiger partial charge in [-0.1, -0.05) is 13.8 Å². The van der Waals surface area contributed by atoms with Gasteiger partial charge in [0, 0.05) is 5.92 Å². The lowest BCUT2D eigenvalue weighted by molar-refractivity contribution is -0.152. The third-order valence-electron chi connectivity index (χ3n) is 2.13. The summed E-state index contributed by atoms with van der Waals surface area (Å²) < 4.78 is 4.51. The molecule has 0 radical (unpaired) electrons. The Morgan fingerprint density at radius 3 is 2.25 bits per heavy atom. The van der Waals surface area contributed by atoms with Crippen LogP contribution in [0.25, 0.3) is 0 Å². The molecule has 6 heteroatoms. The smallest absolute Gasteiger partial charge is 0.318 e. The van der Waals surface area contributed by atoms with Gasteiger partial charge in [-0.25, -0.2) is 0 Å². The number of hydrogen-bond acceptors (Lipinski definition) is 4. The van der Waals surface area contributed by atoms with Crippen LogP contribution in [0.15, 0.2) is 0 Å². The van der Waals surface area contributed by atoms with Crippen molar-refractivity contribution < 1.29 is 24.2 Å². The van der Waals surface area contributed by atoms with Crippen LogP contribution in [-0.2, 0) is 19.1 Å². The Bertz CT molecular complexity index is 260. The molecule has 0 atom stereocenters. The highest BCUT2D eigenvalue weighted by Crippen LogP contribution is 2.06. The molecule has 0 unspecified atom stereocenters. The van der Waals surface area contributed by atoms with Gasteiger partial charge in [0.25, 0.3) is 0 Å². The average Bonchev–Trinajstić information content (AvgIpc) is 2.18. The van der Waals surface area contributed by atoms with Gasteiger partial charge in [0.15, 0.2) is 6.73 Å². The van der Waals surface area contributed by atoms with Crippen molar-refractivity contribution in [3.8, 4) is 0 Å². The van der Waals surface area contributed by atoms with Crippen LogP contribution in [-0.4, -0.2) is 29.7 Å². The highest BCUT2D eigenvalue weighted by molar-refractivity contribution is 5.90. The highest BCUT2D eigenvalue weighted by atomic mass is 16.5. The number of carboxylic acid groups (broad SMARTS) is 1. The van der Waals surface area contributed by atoms with Crippen LogP contribution < -0.4 is 5.32 Å². The molecular weight excluding hydrogens is 214 g/mol. The number of aliphatic carboxylic acids is 1. The number of amides is 1. The van der Waals surface area contributed by atoms with Gasteiger partial charge in [0.2, 0.25) is 5.91 Å². The Balaban J connectivity index is 3.77. The zero-order valence-electron chi connectivity index (χ0n) is 9.49. The van der Waals surface area contributed by atoms with Crippen molar-refractivity contribution in [2.24, 2.45) is 5.92 Å². The molecule has 0 rings (SSSR count). The monoisotopic (exact) mass is 231 g/mol. The summed E-state index contributed by atoms with van der Waals surface area (Å²) in [5, 5.41) is 10.7. The third kappa shape index (κ3) is 6.00. The first kappa shape index (κ1) is 14.4. The highest BCUT2D eigenvalue weighted by Gasteiger charge is 2.14. The zero-order valence-corrected chi connectivity index (χ0v) is 9.49. The summed E-state index contributed by atoms with van der Waals surface area (Å²) in [5.74, 6) is -2.40. The van der Waals surface area contributed by atoms with Crippen LogP contribution in [0.3, 0.4) is 0 Å². The number of carbonyl (C=O) groups is 3. The maximum Gasteiger partial charge on any atom is 0.318 e. The molecule has 0 saturated heterocycles. The van der Waals surface area contributed by atoms with Crippen molar-refractivity contribution in [2.75, 3.05) is 6.73 Å². The summed E-state index contributed by atoms with van der Waals surface area (Å²) >= 11 is 0. The van der Waals surface area contributed by atoms with E-state index in [4.69, 9.17) is 5.11 Å². The summed E-state index contributed by atoms with van der Waals surface area (Å²) in [6.07, 6.45) is 0.734. The summed E-state index contributed by atoms with van der Waals surface area (Å²) in [6, 6.07) is 0. The zero-order chi connectivity index (χ0) is 12.6. The van der Waals surface area contributed by atoms with E-state index in [0.717, 1.165) is 0 Å². The number of carboxylic acids is 1. The van der Waals surface area contributed by atoms with Crippen LogP contribution in [0.1, 0.15) is 33.1 Å². The van der Waals surface area contributed by atoms with Crippen LogP contribution in [0.5, 0.6) is 0 Å². The summed E-state index contributed by atoms with van der Waals surface area (Å²) in [4.78, 5) is 32.3. The molecule has 6 nitrogen and oxygen atoms in total. The molecular formula is C10H17NO5. The quantitative estimate of drug-likeness (QED) is 0.378. The first-order valence-electron chi connectivity index (χ1n) is 5.16. The number of rotatable bonds is 7. The van der Waals surface area contributed by atoms with E-state index in [9.17, 15) is 14.4 Å². The summed E-state index contributed by atoms with van der Waals surface area (Å²) in [7, 11) is 0. The fraction of sp³-hybridized carbons (Fsp3) is 0.700. The molecule has 0 aliphatic heterocycles. The average molecular weight is 231 g/mol. The number of nitrogens with one attached hydrogen (secondary N) is 1. The van der Waals surface area contributed by atoms with Gasteiger partial charge < -0.3 is 15.2 Å². The second-order valence-corrected chi connectivity index (χ2v) is 3.29. The summed E-state index contributed by atoms with van der Waals surface area (Å²) in [5.41, 5.74) is 0. The first-order chi connectivity index (χ1) is 7.51. The standard InChI is InChI=1S/C10H17NO5/c1-3-7(4-2)10(15)11-6-16-9(14)5-8(12)13/h7H,3-6H2,1-2H3,(H,11,15)(H,12,13). The SMILES string of the molecule is CCC(CC)C(=O)NCOC(=O)CC(=O)O. The lowest BCUT2D eigenvalue weighted by Gasteiger charge is -2.12. The Kier molecular flexibility index (Phi) is 6.91. The van der Waals surface area contributed by atoms with Crippen molar-refractivity contribution in [3.05, 3.63) is 0 Å². The van der Waals surface area contributed by atoms with Crippen molar-refractivity contribution in [2.45, 2.75) is 33.1 Å². The molecule has 0 aromatic heterocycles. The molecule has 0 aromatic carbocycles. The second-order valence-electron chi connectivity index (χ2n) is 3.29. The predicted molar refractivity (Wildman–Crippen MR) is 55.4 cm³/mol. The minimum absolute atomic E-state index is 0.0989. The molecule has 0 aliphatic rings. The van der Waals surface area contributed by atoms with E-state index in [2.05, 4.69) is 10.1 Å². The van der Waals surface area contributed by atoms with E-state index in [1.165, 1.54) is 0 Å². The van der Waals surface area contributed by atoms with Gasteiger partial charge in [0.1, 0.15) is 6.42 Å². The maximum atomic E-state index is 11.4. The summed E-state index contributed by atoms with van der Waals surface area (Å²) in [6.45, 7) is 3.51. The first-order valence-corrected chi connectivity index (χ1v) is 5.16. The van der Waals surface area contributed by atoms with Crippen LogP contribution >= 0.6 is 0 Å². The molecule has 0 fully saturated rings. The van der Waals surface area contributed by atoms with Crippen molar-refractivity contribution in [3.63, 3.8) is 0 Å². The topological polar surface area (TPSA) is 92.7 Å². The van der Waals surface area contributed by atoms with Gasteiger partial charge in [0.05, 0.1) is 0 Å². The number of ether oxygens (including phenoxy) is 1. The second kappa shape index (κ2) is 7.67. The van der Waals surface area contributed by atoms with Crippen molar-refractivity contribution >= 4 is 17.8 Å². The third-order valence-corrected chi connectivity index (χ3v) is 2.13. The van der Waals surface area contributed by atoms with Gasteiger partial charge in [-0.15, -0.1) is 0 Å². The maximum absolute atomic E-state index is 11.4. The lowest BCUT2D eigenvalue weighted by atomic mass is 10.0. The Morgan fingerprint density at radius 2 is 1.81 bits per heavy atom. The number of hydrogen-bond donors (Lipinski definition) is 2. The normalized spacial score (nSPS) is 9.94. The van der Waals surface area contributed by atoms with Gasteiger partial charge in [-0.3, -0.25) is 14.4 Å². The molecule has 0 aromatic rings. The molecule has 2 N–H and O–H groups in total. The number of carbonyl (C=O) groups excluding carboxylic acids is 2. The van der Waals surface area contributed by atoms with E-state index in [-0.39, 0.29) is 18.6 Å². The molecule has 92 valence electrons. The predicted octanol–water partition coefficient (Wildman–Crippen LogP) is 0.514. The van der Waals surface area contributed by atoms with E-state index in [1.54, 1.807) is 0 Å². The Hall–Kier alpha value is -1.59. The molecule has 16 heavy (non-hydrogen) atoms. The fourth-order valence-corrected chi connectivity index (χ4v) is 1.17. The molecule has 0 aliphatic carbocycles. The Morgan fingerprint density at radius 1 is 1.25 bits per heavy atom. The van der Waals surface area contributed by atoms with Crippen LogP contribution in [0, 0.1) is 5.92 Å². The minimum atomic E-state index is -1.25. The van der Waals surface area contributed by atoms with Crippen molar-refractivity contribution in [1.29, 1.82) is 0 Å². The van der Waals surface area contributed by atoms with E-state index < -0.39 is 18.4 Å². The number of esters is 1. The fourth-order valence-electron chi connectivity index (χ4n) is 1.17.